The van der Waals surface area contributed by atoms with E-state index in [2.05, 4.69) is 58.9 Å². The molecule has 1 saturated heterocycles. The number of anilines is 3. The van der Waals surface area contributed by atoms with E-state index in [0.29, 0.717) is 13.0 Å². The minimum atomic E-state index is 0.0340. The first-order chi connectivity index (χ1) is 12.7. The summed E-state index contributed by atoms with van der Waals surface area (Å²) in [5, 5.41) is 6.28. The van der Waals surface area contributed by atoms with E-state index in [1.807, 2.05) is 12.1 Å². The highest BCUT2D eigenvalue weighted by molar-refractivity contribution is 5.91. The lowest BCUT2D eigenvalue weighted by Gasteiger charge is -2.28. The van der Waals surface area contributed by atoms with Gasteiger partial charge in [-0.1, -0.05) is 19.1 Å². The molecule has 0 bridgehead atoms. The van der Waals surface area contributed by atoms with Crippen LogP contribution in [0.1, 0.15) is 38.2 Å². The van der Waals surface area contributed by atoms with Crippen molar-refractivity contribution in [3.05, 3.63) is 54.1 Å². The molecule has 0 aromatic heterocycles. The number of hydrogen-bond acceptors (Lipinski definition) is 3. The SMILES string of the molecule is CCc1ccc(NC(=O)CCNc2ccc(N3CCCCC3)cc2)cc1. The Morgan fingerprint density at radius 3 is 2.23 bits per heavy atom. The highest BCUT2D eigenvalue weighted by Gasteiger charge is 2.10. The summed E-state index contributed by atoms with van der Waals surface area (Å²) in [5.41, 5.74) is 4.49. The maximum Gasteiger partial charge on any atom is 0.226 e. The van der Waals surface area contributed by atoms with Crippen molar-refractivity contribution in [1.29, 1.82) is 0 Å². The van der Waals surface area contributed by atoms with E-state index in [-0.39, 0.29) is 5.91 Å². The molecule has 0 spiro atoms. The van der Waals surface area contributed by atoms with E-state index < -0.39 is 0 Å². The number of rotatable bonds is 7. The van der Waals surface area contributed by atoms with E-state index in [4.69, 9.17) is 0 Å². The van der Waals surface area contributed by atoms with Gasteiger partial charge in [0.15, 0.2) is 0 Å². The first-order valence-electron chi connectivity index (χ1n) is 9.72. The summed E-state index contributed by atoms with van der Waals surface area (Å²) < 4.78 is 0. The van der Waals surface area contributed by atoms with Crippen molar-refractivity contribution in [2.75, 3.05) is 35.2 Å². The third-order valence-corrected chi connectivity index (χ3v) is 4.92. The molecular formula is C22H29N3O. The van der Waals surface area contributed by atoms with Gasteiger partial charge in [-0.05, 0) is 67.6 Å². The number of nitrogens with zero attached hydrogens (tertiary/aromatic N) is 1. The molecule has 4 nitrogen and oxygen atoms in total. The van der Waals surface area contributed by atoms with Crippen molar-refractivity contribution in [1.82, 2.24) is 0 Å². The van der Waals surface area contributed by atoms with Crippen LogP contribution >= 0.6 is 0 Å². The van der Waals surface area contributed by atoms with Crippen LogP contribution in [0.2, 0.25) is 0 Å². The Hall–Kier alpha value is -2.49. The van der Waals surface area contributed by atoms with Gasteiger partial charge >= 0.3 is 0 Å². The van der Waals surface area contributed by atoms with Crippen LogP contribution in [0.5, 0.6) is 0 Å². The normalized spacial score (nSPS) is 14.1. The summed E-state index contributed by atoms with van der Waals surface area (Å²) >= 11 is 0. The summed E-state index contributed by atoms with van der Waals surface area (Å²) in [6.07, 6.45) is 5.38. The molecule has 0 saturated carbocycles. The van der Waals surface area contributed by atoms with Crippen molar-refractivity contribution in [2.45, 2.75) is 39.0 Å². The second-order valence-electron chi connectivity index (χ2n) is 6.87. The van der Waals surface area contributed by atoms with Crippen molar-refractivity contribution >= 4 is 23.0 Å². The predicted octanol–water partition coefficient (Wildman–Crippen LogP) is 4.68. The molecule has 1 aliphatic rings. The number of hydrogen-bond donors (Lipinski definition) is 2. The van der Waals surface area contributed by atoms with Gasteiger partial charge in [0, 0.05) is 43.1 Å². The van der Waals surface area contributed by atoms with Crippen LogP contribution in [0.3, 0.4) is 0 Å². The standard InChI is InChI=1S/C22H29N3O/c1-2-18-6-8-20(9-7-18)24-22(26)14-15-23-19-10-12-21(13-11-19)25-16-4-3-5-17-25/h6-13,23H,2-5,14-17H2,1H3,(H,24,26). The zero-order valence-electron chi connectivity index (χ0n) is 15.6. The number of carbonyl (C=O) groups excluding carboxylic acids is 1. The van der Waals surface area contributed by atoms with Crippen LogP contribution < -0.4 is 15.5 Å². The Labute approximate surface area is 156 Å². The lowest BCUT2D eigenvalue weighted by Crippen LogP contribution is -2.29. The summed E-state index contributed by atoms with van der Waals surface area (Å²) in [6, 6.07) is 16.6. The van der Waals surface area contributed by atoms with E-state index in [0.717, 1.165) is 30.9 Å². The van der Waals surface area contributed by atoms with Crippen molar-refractivity contribution < 1.29 is 4.79 Å². The summed E-state index contributed by atoms with van der Waals surface area (Å²) in [4.78, 5) is 14.5. The largest absolute Gasteiger partial charge is 0.385 e. The molecule has 3 rings (SSSR count). The number of carbonyl (C=O) groups is 1. The Kier molecular flexibility index (Phi) is 6.53. The van der Waals surface area contributed by atoms with Gasteiger partial charge in [-0.2, -0.15) is 0 Å². The monoisotopic (exact) mass is 351 g/mol. The van der Waals surface area contributed by atoms with Crippen molar-refractivity contribution in [2.24, 2.45) is 0 Å². The molecule has 1 heterocycles. The second kappa shape index (κ2) is 9.27. The summed E-state index contributed by atoms with van der Waals surface area (Å²) in [7, 11) is 0. The molecule has 0 atom stereocenters. The van der Waals surface area contributed by atoms with Crippen molar-refractivity contribution in [3.8, 4) is 0 Å². The van der Waals surface area contributed by atoms with Gasteiger partial charge in [0.2, 0.25) is 5.91 Å². The number of benzene rings is 2. The van der Waals surface area contributed by atoms with Gasteiger partial charge in [-0.15, -0.1) is 0 Å². The topological polar surface area (TPSA) is 44.4 Å². The highest BCUT2D eigenvalue weighted by atomic mass is 16.1. The number of piperidine rings is 1. The summed E-state index contributed by atoms with van der Waals surface area (Å²) in [6.45, 7) is 5.07. The van der Waals surface area contributed by atoms with E-state index in [9.17, 15) is 4.79 Å². The van der Waals surface area contributed by atoms with Gasteiger partial charge in [0.1, 0.15) is 0 Å². The Morgan fingerprint density at radius 2 is 1.58 bits per heavy atom. The summed E-state index contributed by atoms with van der Waals surface area (Å²) in [5.74, 6) is 0.0340. The van der Waals surface area contributed by atoms with Gasteiger partial charge in [-0.25, -0.2) is 0 Å². The lowest BCUT2D eigenvalue weighted by molar-refractivity contribution is -0.115. The van der Waals surface area contributed by atoms with E-state index in [1.54, 1.807) is 0 Å². The van der Waals surface area contributed by atoms with Gasteiger partial charge in [0.25, 0.3) is 0 Å². The fourth-order valence-corrected chi connectivity index (χ4v) is 3.31. The van der Waals surface area contributed by atoms with Gasteiger partial charge in [-0.3, -0.25) is 4.79 Å². The maximum absolute atomic E-state index is 12.1. The average Bonchev–Trinajstić information content (AvgIpc) is 2.70. The third kappa shape index (κ3) is 5.25. The Morgan fingerprint density at radius 1 is 0.923 bits per heavy atom. The lowest BCUT2D eigenvalue weighted by atomic mass is 10.1. The molecule has 0 radical (unpaired) electrons. The van der Waals surface area contributed by atoms with Crippen LogP contribution in [0.4, 0.5) is 17.1 Å². The zero-order chi connectivity index (χ0) is 18.2. The zero-order valence-corrected chi connectivity index (χ0v) is 15.6. The smallest absolute Gasteiger partial charge is 0.226 e. The number of aryl methyl sites for hydroxylation is 1. The first-order valence-corrected chi connectivity index (χ1v) is 9.72. The minimum absolute atomic E-state index is 0.0340. The van der Waals surface area contributed by atoms with Crippen LogP contribution in [0, 0.1) is 0 Å². The molecule has 0 aliphatic carbocycles. The maximum atomic E-state index is 12.1. The van der Waals surface area contributed by atoms with Crippen LogP contribution in [0.15, 0.2) is 48.5 Å². The van der Waals surface area contributed by atoms with Crippen LogP contribution in [-0.2, 0) is 11.2 Å². The highest BCUT2D eigenvalue weighted by Crippen LogP contribution is 2.21. The molecule has 1 amide bonds. The number of nitrogens with one attached hydrogen (secondary N) is 2. The van der Waals surface area contributed by atoms with Gasteiger partial charge in [0.05, 0.1) is 0 Å². The quantitative estimate of drug-likeness (QED) is 0.761. The fourth-order valence-electron chi connectivity index (χ4n) is 3.31. The molecule has 1 aliphatic heterocycles. The second-order valence-corrected chi connectivity index (χ2v) is 6.87. The third-order valence-electron chi connectivity index (χ3n) is 4.92. The first kappa shape index (κ1) is 18.3. The van der Waals surface area contributed by atoms with Crippen molar-refractivity contribution in [3.63, 3.8) is 0 Å². The predicted molar refractivity (Wildman–Crippen MR) is 110 cm³/mol. The Balaban J connectivity index is 1.41. The van der Waals surface area contributed by atoms with E-state index in [1.165, 1.54) is 30.5 Å². The molecule has 138 valence electrons. The minimum Gasteiger partial charge on any atom is -0.385 e. The molecule has 2 aromatic rings. The van der Waals surface area contributed by atoms with Crippen LogP contribution in [0.25, 0.3) is 0 Å². The molecule has 2 aromatic carbocycles. The molecule has 0 unspecified atom stereocenters. The molecule has 2 N–H and O–H groups in total. The molecule has 1 fully saturated rings. The fraction of sp³-hybridized carbons (Fsp3) is 0.409. The van der Waals surface area contributed by atoms with Gasteiger partial charge < -0.3 is 15.5 Å². The number of amides is 1. The van der Waals surface area contributed by atoms with E-state index >= 15 is 0 Å². The molecular weight excluding hydrogens is 322 g/mol. The Bertz CT molecular complexity index is 688. The molecule has 4 heteroatoms. The molecule has 26 heavy (non-hydrogen) atoms. The average molecular weight is 351 g/mol. The van der Waals surface area contributed by atoms with Crippen LogP contribution in [-0.4, -0.2) is 25.5 Å².